The molecule has 1 rings (SSSR count). The van der Waals surface area contributed by atoms with Crippen molar-refractivity contribution >= 4 is 5.82 Å². The number of hydrogen-bond donors (Lipinski definition) is 1. The van der Waals surface area contributed by atoms with Crippen LogP contribution in [0.5, 0.6) is 5.88 Å². The molecule has 0 aliphatic rings. The fraction of sp³-hybridized carbons (Fsp3) is 0.333. The number of nitrogens with zero attached hydrogens (tertiary/aromatic N) is 2. The van der Waals surface area contributed by atoms with Crippen molar-refractivity contribution in [3.63, 3.8) is 0 Å². The molecule has 5 heteroatoms. The lowest BCUT2D eigenvalue weighted by molar-refractivity contribution is 0.282. The number of nitrogens with two attached hydrogens (primary N) is 1. The first-order valence-corrected chi connectivity index (χ1v) is 1.96. The van der Waals surface area contributed by atoms with Crippen LogP contribution in [0.4, 0.5) is 5.82 Å². The largest absolute Gasteiger partial charge is 0.476 e. The third-order valence-corrected chi connectivity index (χ3v) is 0.675. The van der Waals surface area contributed by atoms with E-state index in [4.69, 9.17) is 5.73 Å². The number of nitrogen functional groups attached to an aromatic ring is 1. The first-order valence-electron chi connectivity index (χ1n) is 1.96. The molecule has 0 aliphatic heterocycles. The maximum absolute atomic E-state index is 5.16. The fourth-order valence-corrected chi connectivity index (χ4v) is 0.329. The number of aromatic nitrogens is 2. The number of methoxy groups -OCH3 is 1. The van der Waals surface area contributed by atoms with Gasteiger partial charge in [0, 0.05) is 0 Å². The highest BCUT2D eigenvalue weighted by Crippen LogP contribution is 2.11. The lowest BCUT2D eigenvalue weighted by Gasteiger charge is -1.86. The normalized spacial score (nSPS) is 9.12. The zero-order chi connectivity index (χ0) is 5.98. The molecule has 44 valence electrons. The van der Waals surface area contributed by atoms with Gasteiger partial charge in [-0.3, -0.25) is 0 Å². The third-order valence-electron chi connectivity index (χ3n) is 0.675. The van der Waals surface area contributed by atoms with Gasteiger partial charge in [-0.15, -0.1) is 0 Å². The maximum atomic E-state index is 5.16. The van der Waals surface area contributed by atoms with Crippen molar-refractivity contribution in [2.24, 2.45) is 0 Å². The van der Waals surface area contributed by atoms with Gasteiger partial charge in [0.2, 0.25) is 5.82 Å². The Labute approximate surface area is 45.4 Å². The minimum atomic E-state index is 0.174. The Morgan fingerprint density at radius 3 is 2.62 bits per heavy atom. The van der Waals surface area contributed by atoms with Gasteiger partial charge in [0.25, 0.3) is 5.88 Å². The summed E-state index contributed by atoms with van der Waals surface area (Å²) in [6.07, 6.45) is 0. The predicted octanol–water partition coefficient (Wildman–Crippen LogP) is -0.340. The summed E-state index contributed by atoms with van der Waals surface area (Å²) in [5.41, 5.74) is 5.16. The summed E-state index contributed by atoms with van der Waals surface area (Å²) in [7, 11) is 1.44. The number of ether oxygens (including phenoxy) is 1. The SMILES string of the molecule is COc1nonc1N. The van der Waals surface area contributed by atoms with E-state index in [0.29, 0.717) is 0 Å². The summed E-state index contributed by atoms with van der Waals surface area (Å²) in [4.78, 5) is 0. The molecule has 1 aromatic rings. The van der Waals surface area contributed by atoms with Gasteiger partial charge in [-0.1, -0.05) is 0 Å². The van der Waals surface area contributed by atoms with Crippen molar-refractivity contribution in [3.05, 3.63) is 0 Å². The second-order valence-corrected chi connectivity index (χ2v) is 1.16. The molecule has 0 bridgehead atoms. The molecule has 0 aromatic carbocycles. The molecule has 0 spiro atoms. The highest BCUT2D eigenvalue weighted by atomic mass is 16.6. The average Bonchev–Trinajstić information content (AvgIpc) is 2.14. The molecule has 2 N–H and O–H groups in total. The molecule has 0 saturated carbocycles. The van der Waals surface area contributed by atoms with E-state index in [1.54, 1.807) is 0 Å². The summed E-state index contributed by atoms with van der Waals surface area (Å²) >= 11 is 0. The van der Waals surface area contributed by atoms with Crippen molar-refractivity contribution in [2.45, 2.75) is 0 Å². The smallest absolute Gasteiger partial charge is 0.299 e. The fourth-order valence-electron chi connectivity index (χ4n) is 0.329. The second kappa shape index (κ2) is 1.69. The van der Waals surface area contributed by atoms with Gasteiger partial charge >= 0.3 is 0 Å². The quantitative estimate of drug-likeness (QED) is 0.542. The molecule has 1 heterocycles. The summed E-state index contributed by atoms with van der Waals surface area (Å²) in [5, 5.41) is 6.56. The Balaban J connectivity index is 2.92. The highest BCUT2D eigenvalue weighted by molar-refractivity contribution is 5.36. The van der Waals surface area contributed by atoms with Crippen molar-refractivity contribution < 1.29 is 9.37 Å². The van der Waals surface area contributed by atoms with Gasteiger partial charge in [-0.2, -0.15) is 0 Å². The Bertz CT molecular complexity index is 173. The van der Waals surface area contributed by atoms with Crippen LogP contribution in [-0.4, -0.2) is 17.4 Å². The Morgan fingerprint density at radius 2 is 2.38 bits per heavy atom. The van der Waals surface area contributed by atoms with Gasteiger partial charge in [0.05, 0.1) is 7.11 Å². The van der Waals surface area contributed by atoms with Crippen LogP contribution in [0.1, 0.15) is 0 Å². The summed E-state index contributed by atoms with van der Waals surface area (Å²) in [5.74, 6) is 0.400. The minimum absolute atomic E-state index is 0.174. The third kappa shape index (κ3) is 0.575. The van der Waals surface area contributed by atoms with E-state index in [1.807, 2.05) is 0 Å². The molecule has 0 radical (unpaired) electrons. The molecular weight excluding hydrogens is 110 g/mol. The van der Waals surface area contributed by atoms with Crippen LogP contribution in [-0.2, 0) is 0 Å². The van der Waals surface area contributed by atoms with Crippen LogP contribution in [0.15, 0.2) is 4.63 Å². The standard InChI is InChI=1S/C3H5N3O2/c1-7-3-2(4)5-8-6-3/h1H3,(H2,4,5). The van der Waals surface area contributed by atoms with Gasteiger partial charge in [-0.05, 0) is 10.3 Å². The minimum Gasteiger partial charge on any atom is -0.476 e. The van der Waals surface area contributed by atoms with Crippen molar-refractivity contribution in [1.82, 2.24) is 10.3 Å². The van der Waals surface area contributed by atoms with E-state index in [-0.39, 0.29) is 11.7 Å². The van der Waals surface area contributed by atoms with Crippen LogP contribution < -0.4 is 10.5 Å². The molecule has 0 unspecified atom stereocenters. The van der Waals surface area contributed by atoms with Crippen LogP contribution in [0.3, 0.4) is 0 Å². The van der Waals surface area contributed by atoms with Crippen LogP contribution in [0.2, 0.25) is 0 Å². The Morgan fingerprint density at radius 1 is 1.62 bits per heavy atom. The predicted molar refractivity (Wildman–Crippen MR) is 25.3 cm³/mol. The van der Waals surface area contributed by atoms with Gasteiger partial charge in [0.1, 0.15) is 0 Å². The lowest BCUT2D eigenvalue weighted by atomic mass is 10.7. The second-order valence-electron chi connectivity index (χ2n) is 1.16. The molecule has 8 heavy (non-hydrogen) atoms. The first kappa shape index (κ1) is 4.89. The monoisotopic (exact) mass is 115 g/mol. The van der Waals surface area contributed by atoms with E-state index < -0.39 is 0 Å². The average molecular weight is 115 g/mol. The molecule has 1 aromatic heterocycles. The first-order chi connectivity index (χ1) is 3.84. The zero-order valence-corrected chi connectivity index (χ0v) is 4.29. The van der Waals surface area contributed by atoms with Crippen molar-refractivity contribution in [1.29, 1.82) is 0 Å². The highest BCUT2D eigenvalue weighted by Gasteiger charge is 2.02. The van der Waals surface area contributed by atoms with Crippen LogP contribution in [0, 0.1) is 0 Å². The van der Waals surface area contributed by atoms with Gasteiger partial charge in [0.15, 0.2) is 0 Å². The van der Waals surface area contributed by atoms with Crippen molar-refractivity contribution in [2.75, 3.05) is 12.8 Å². The number of rotatable bonds is 1. The maximum Gasteiger partial charge on any atom is 0.299 e. The Kier molecular flexibility index (Phi) is 1.03. The van der Waals surface area contributed by atoms with E-state index in [2.05, 4.69) is 19.7 Å². The van der Waals surface area contributed by atoms with E-state index in [1.165, 1.54) is 7.11 Å². The molecule has 0 saturated heterocycles. The van der Waals surface area contributed by atoms with Gasteiger partial charge < -0.3 is 10.5 Å². The number of hydrogen-bond acceptors (Lipinski definition) is 5. The molecule has 0 aliphatic carbocycles. The molecule has 0 fully saturated rings. The van der Waals surface area contributed by atoms with Gasteiger partial charge in [-0.25, -0.2) is 4.63 Å². The van der Waals surface area contributed by atoms with Crippen molar-refractivity contribution in [3.8, 4) is 5.88 Å². The lowest BCUT2D eigenvalue weighted by Crippen LogP contribution is -1.89. The molecule has 5 nitrogen and oxygen atoms in total. The molecule has 0 atom stereocenters. The Hall–Kier alpha value is -1.26. The summed E-state index contributed by atoms with van der Waals surface area (Å²) in [6, 6.07) is 0. The van der Waals surface area contributed by atoms with Crippen LogP contribution >= 0.6 is 0 Å². The number of anilines is 1. The topological polar surface area (TPSA) is 74.2 Å². The molecule has 0 amide bonds. The summed E-state index contributed by atoms with van der Waals surface area (Å²) < 4.78 is 8.78. The van der Waals surface area contributed by atoms with E-state index in [9.17, 15) is 0 Å². The molecular formula is C3H5N3O2. The zero-order valence-electron chi connectivity index (χ0n) is 4.29. The van der Waals surface area contributed by atoms with E-state index >= 15 is 0 Å². The van der Waals surface area contributed by atoms with Crippen LogP contribution in [0.25, 0.3) is 0 Å². The van der Waals surface area contributed by atoms with E-state index in [0.717, 1.165) is 0 Å². The summed E-state index contributed by atoms with van der Waals surface area (Å²) in [6.45, 7) is 0.